The van der Waals surface area contributed by atoms with E-state index in [0.717, 1.165) is 0 Å². The zero-order chi connectivity index (χ0) is 19.4. The second-order valence-corrected chi connectivity index (χ2v) is 8.89. The lowest BCUT2D eigenvalue weighted by atomic mass is 9.70. The van der Waals surface area contributed by atoms with Gasteiger partial charge in [-0.3, -0.25) is 14.4 Å². The minimum Gasteiger partial charge on any atom is -0.394 e. The number of hydrogen-bond donors (Lipinski definition) is 3. The Balaban J connectivity index is 2.08. The quantitative estimate of drug-likeness (QED) is 0.503. The molecule has 3 N–H and O–H groups in total. The van der Waals surface area contributed by atoms with E-state index in [9.17, 15) is 19.5 Å². The van der Waals surface area contributed by atoms with Crippen LogP contribution < -0.4 is 10.6 Å². The SMILES string of the molecule is CNC(=O)[C@H]1[C@@H]2OC3(CC2Br)C(C(=O)NC(C)C)N([C@H](C)CO)C(=O)[C@H]13. The molecule has 146 valence electrons. The number of ether oxygens (including phenoxy) is 1. The molecule has 3 unspecified atom stereocenters. The summed E-state index contributed by atoms with van der Waals surface area (Å²) in [4.78, 5) is 40.1. The lowest BCUT2D eigenvalue weighted by Gasteiger charge is -2.36. The van der Waals surface area contributed by atoms with E-state index in [4.69, 9.17) is 4.74 Å². The Morgan fingerprint density at radius 2 is 2.04 bits per heavy atom. The standard InChI is InChI=1S/C17H26BrN3O5/c1-7(2)20-15(24)13-17-5-9(18)12(26-17)10(14(23)19-4)11(17)16(25)21(13)8(3)6-22/h7-13,22H,5-6H2,1-4H3,(H,19,23)(H,20,24)/t8-,9?,10-,11+,12-,13?,17?/m1/s1. The predicted octanol–water partition coefficient (Wildman–Crippen LogP) is -0.614. The van der Waals surface area contributed by atoms with Crippen molar-refractivity contribution >= 4 is 33.7 Å². The lowest BCUT2D eigenvalue weighted by molar-refractivity contribution is -0.145. The molecule has 3 amide bonds. The summed E-state index contributed by atoms with van der Waals surface area (Å²) >= 11 is 3.57. The number of aliphatic hydroxyl groups excluding tert-OH is 1. The van der Waals surface area contributed by atoms with Crippen molar-refractivity contribution in [3.8, 4) is 0 Å². The van der Waals surface area contributed by atoms with E-state index < -0.39 is 35.6 Å². The Labute approximate surface area is 161 Å². The second-order valence-electron chi connectivity index (χ2n) is 7.72. The number of rotatable bonds is 5. The highest BCUT2D eigenvalue weighted by Crippen LogP contribution is 2.60. The maximum atomic E-state index is 13.3. The van der Waals surface area contributed by atoms with Crippen LogP contribution in [0, 0.1) is 11.8 Å². The number of nitrogens with zero attached hydrogens (tertiary/aromatic N) is 1. The molecule has 3 aliphatic heterocycles. The highest BCUT2D eigenvalue weighted by atomic mass is 79.9. The Bertz CT molecular complexity index is 630. The van der Waals surface area contributed by atoms with E-state index in [-0.39, 0.29) is 35.2 Å². The third-order valence-electron chi connectivity index (χ3n) is 5.69. The van der Waals surface area contributed by atoms with E-state index in [1.807, 2.05) is 13.8 Å². The molecule has 8 nitrogen and oxygen atoms in total. The Morgan fingerprint density at radius 1 is 1.38 bits per heavy atom. The van der Waals surface area contributed by atoms with E-state index in [2.05, 4.69) is 26.6 Å². The van der Waals surface area contributed by atoms with Gasteiger partial charge < -0.3 is 25.4 Å². The first-order valence-corrected chi connectivity index (χ1v) is 9.88. The van der Waals surface area contributed by atoms with Crippen molar-refractivity contribution in [1.29, 1.82) is 0 Å². The number of aliphatic hydroxyl groups is 1. The molecule has 1 spiro atoms. The Kier molecular flexibility index (Phi) is 5.09. The number of alkyl halides is 1. The summed E-state index contributed by atoms with van der Waals surface area (Å²) in [5.74, 6) is -2.25. The molecule has 0 aliphatic carbocycles. The summed E-state index contributed by atoms with van der Waals surface area (Å²) in [5, 5.41) is 15.1. The molecule has 3 heterocycles. The Hall–Kier alpha value is -1.19. The lowest BCUT2D eigenvalue weighted by Crippen LogP contribution is -2.58. The van der Waals surface area contributed by atoms with Crippen LogP contribution in [0.1, 0.15) is 27.2 Å². The summed E-state index contributed by atoms with van der Waals surface area (Å²) in [6, 6.07) is -1.52. The molecule has 0 saturated carbocycles. The molecule has 2 bridgehead atoms. The molecule has 0 aromatic heterocycles. The van der Waals surface area contributed by atoms with E-state index >= 15 is 0 Å². The molecular weight excluding hydrogens is 406 g/mol. The molecule has 26 heavy (non-hydrogen) atoms. The molecule has 7 atom stereocenters. The monoisotopic (exact) mass is 431 g/mol. The van der Waals surface area contributed by atoms with Crippen molar-refractivity contribution in [2.24, 2.45) is 11.8 Å². The van der Waals surface area contributed by atoms with Gasteiger partial charge in [0.2, 0.25) is 17.7 Å². The number of carbonyl (C=O) groups is 3. The van der Waals surface area contributed by atoms with Gasteiger partial charge in [0.15, 0.2) is 0 Å². The fourth-order valence-corrected chi connectivity index (χ4v) is 5.70. The summed E-state index contributed by atoms with van der Waals surface area (Å²) in [7, 11) is 1.53. The van der Waals surface area contributed by atoms with Gasteiger partial charge in [-0.2, -0.15) is 0 Å². The van der Waals surface area contributed by atoms with Crippen molar-refractivity contribution in [1.82, 2.24) is 15.5 Å². The maximum absolute atomic E-state index is 13.3. The first-order chi connectivity index (χ1) is 12.2. The minimum absolute atomic E-state index is 0.104. The van der Waals surface area contributed by atoms with Crippen LogP contribution in [0.15, 0.2) is 0 Å². The topological polar surface area (TPSA) is 108 Å². The van der Waals surface area contributed by atoms with Crippen LogP contribution in [0.25, 0.3) is 0 Å². The molecule has 0 aromatic carbocycles. The molecule has 0 radical (unpaired) electrons. The van der Waals surface area contributed by atoms with Crippen molar-refractivity contribution in [2.45, 2.75) is 61.8 Å². The molecule has 3 fully saturated rings. The highest BCUT2D eigenvalue weighted by Gasteiger charge is 2.76. The average molecular weight is 432 g/mol. The number of likely N-dealkylation sites (tertiary alicyclic amines) is 1. The van der Waals surface area contributed by atoms with Crippen molar-refractivity contribution < 1.29 is 24.2 Å². The van der Waals surface area contributed by atoms with Gasteiger partial charge in [0.1, 0.15) is 11.6 Å². The number of halogens is 1. The summed E-state index contributed by atoms with van der Waals surface area (Å²) in [6.07, 6.45) is 0.0108. The zero-order valence-corrected chi connectivity index (χ0v) is 16.9. The average Bonchev–Trinajstić information content (AvgIpc) is 3.16. The molecule has 3 aliphatic rings. The number of amides is 3. The van der Waals surface area contributed by atoms with Crippen LogP contribution in [-0.2, 0) is 19.1 Å². The van der Waals surface area contributed by atoms with Gasteiger partial charge in [-0.05, 0) is 27.2 Å². The number of fused-ring (bicyclic) bond motifs is 1. The smallest absolute Gasteiger partial charge is 0.246 e. The predicted molar refractivity (Wildman–Crippen MR) is 96.4 cm³/mol. The largest absolute Gasteiger partial charge is 0.394 e. The molecule has 9 heteroatoms. The fraction of sp³-hybridized carbons (Fsp3) is 0.824. The summed E-state index contributed by atoms with van der Waals surface area (Å²) in [5.41, 5.74) is -1.06. The third kappa shape index (κ3) is 2.58. The van der Waals surface area contributed by atoms with Gasteiger partial charge in [0.05, 0.1) is 30.6 Å². The number of hydrogen-bond acceptors (Lipinski definition) is 5. The minimum atomic E-state index is -1.06. The van der Waals surface area contributed by atoms with E-state index in [0.29, 0.717) is 6.42 Å². The number of nitrogens with one attached hydrogen (secondary N) is 2. The van der Waals surface area contributed by atoms with Crippen LogP contribution >= 0.6 is 15.9 Å². The van der Waals surface area contributed by atoms with Crippen molar-refractivity contribution in [3.63, 3.8) is 0 Å². The normalized spacial score (nSPS) is 39.3. The fourth-order valence-electron chi connectivity index (χ4n) is 4.76. The van der Waals surface area contributed by atoms with Crippen LogP contribution in [0.4, 0.5) is 0 Å². The molecular formula is C17H26BrN3O5. The maximum Gasteiger partial charge on any atom is 0.246 e. The van der Waals surface area contributed by atoms with Gasteiger partial charge in [-0.15, -0.1) is 0 Å². The molecule has 3 rings (SSSR count). The Morgan fingerprint density at radius 3 is 2.58 bits per heavy atom. The summed E-state index contributed by atoms with van der Waals surface area (Å²) in [6.45, 7) is 5.11. The van der Waals surface area contributed by atoms with Crippen LogP contribution in [-0.4, -0.2) is 76.0 Å². The molecule has 0 aromatic rings. The van der Waals surface area contributed by atoms with Gasteiger partial charge in [0.25, 0.3) is 0 Å². The van der Waals surface area contributed by atoms with Gasteiger partial charge >= 0.3 is 0 Å². The van der Waals surface area contributed by atoms with Crippen molar-refractivity contribution in [2.75, 3.05) is 13.7 Å². The molecule has 3 saturated heterocycles. The summed E-state index contributed by atoms with van der Waals surface area (Å²) < 4.78 is 6.23. The van der Waals surface area contributed by atoms with Gasteiger partial charge in [0, 0.05) is 17.9 Å². The highest BCUT2D eigenvalue weighted by molar-refractivity contribution is 9.09. The van der Waals surface area contributed by atoms with E-state index in [1.54, 1.807) is 6.92 Å². The zero-order valence-electron chi connectivity index (χ0n) is 15.4. The first-order valence-electron chi connectivity index (χ1n) is 8.96. The number of carbonyl (C=O) groups excluding carboxylic acids is 3. The van der Waals surface area contributed by atoms with E-state index in [1.165, 1.54) is 11.9 Å². The van der Waals surface area contributed by atoms with Crippen LogP contribution in [0.5, 0.6) is 0 Å². The van der Waals surface area contributed by atoms with Crippen LogP contribution in [0.2, 0.25) is 0 Å². The van der Waals surface area contributed by atoms with Gasteiger partial charge in [-0.1, -0.05) is 15.9 Å². The van der Waals surface area contributed by atoms with Crippen LogP contribution in [0.3, 0.4) is 0 Å². The van der Waals surface area contributed by atoms with Gasteiger partial charge in [-0.25, -0.2) is 0 Å². The first kappa shape index (κ1) is 19.6. The van der Waals surface area contributed by atoms with Crippen molar-refractivity contribution in [3.05, 3.63) is 0 Å². The third-order valence-corrected chi connectivity index (χ3v) is 6.54. The second kappa shape index (κ2) is 6.76.